The summed E-state index contributed by atoms with van der Waals surface area (Å²) in [5, 5.41) is 3.39. The maximum atomic E-state index is 5.34. The molecule has 0 atom stereocenters. The van der Waals surface area contributed by atoms with E-state index >= 15 is 0 Å². The van der Waals surface area contributed by atoms with Crippen LogP contribution in [-0.2, 0) is 4.74 Å². The molecule has 0 amide bonds. The molecule has 0 aromatic heterocycles. The minimum absolute atomic E-state index is 0.417. The molecule has 76 valence electrons. The van der Waals surface area contributed by atoms with E-state index in [4.69, 9.17) is 4.74 Å². The van der Waals surface area contributed by atoms with E-state index in [1.54, 1.807) is 0 Å². The predicted molar refractivity (Wildman–Crippen MR) is 59.1 cm³/mol. The minimum Gasteiger partial charge on any atom is -0.381 e. The quantitative estimate of drug-likeness (QED) is 0.824. The lowest BCUT2D eigenvalue weighted by atomic mass is 9.82. The molecule has 1 saturated heterocycles. The molecule has 13 heavy (non-hydrogen) atoms. The van der Waals surface area contributed by atoms with Gasteiger partial charge in [-0.3, -0.25) is 0 Å². The van der Waals surface area contributed by atoms with Crippen LogP contribution in [-0.4, -0.2) is 26.3 Å². The molecule has 0 aromatic carbocycles. The van der Waals surface area contributed by atoms with Gasteiger partial charge >= 0.3 is 0 Å². The average molecular weight is 248 g/mol. The number of ether oxygens (including phenoxy) is 1. The van der Waals surface area contributed by atoms with Crippen LogP contribution >= 0.6 is 15.9 Å². The van der Waals surface area contributed by atoms with E-state index in [-0.39, 0.29) is 0 Å². The third kappa shape index (κ3) is 4.25. The lowest BCUT2D eigenvalue weighted by Gasteiger charge is -2.33. The molecule has 0 aliphatic carbocycles. The maximum absolute atomic E-state index is 5.34. The Labute approximate surface area is 88.9 Å². The van der Waals surface area contributed by atoms with Crippen LogP contribution in [0.1, 0.15) is 19.8 Å². The first-order valence-electron chi connectivity index (χ1n) is 4.74. The van der Waals surface area contributed by atoms with E-state index in [0.29, 0.717) is 5.41 Å². The highest BCUT2D eigenvalue weighted by Gasteiger charge is 2.26. The van der Waals surface area contributed by atoms with Gasteiger partial charge in [0.25, 0.3) is 0 Å². The summed E-state index contributed by atoms with van der Waals surface area (Å²) in [4.78, 5) is 0. The standard InChI is InChI=1S/C10H18BrNO/c1-9(11)7-12-8-10(2)3-5-13-6-4-10/h12H,1,3-8H2,2H3. The van der Waals surface area contributed by atoms with Crippen molar-refractivity contribution >= 4 is 15.9 Å². The molecule has 3 heteroatoms. The third-order valence-corrected chi connectivity index (χ3v) is 2.85. The van der Waals surface area contributed by atoms with Gasteiger partial charge < -0.3 is 10.1 Å². The first kappa shape index (κ1) is 11.2. The Morgan fingerprint density at radius 1 is 1.54 bits per heavy atom. The zero-order chi connectivity index (χ0) is 9.73. The van der Waals surface area contributed by atoms with Gasteiger partial charge in [-0.25, -0.2) is 0 Å². The van der Waals surface area contributed by atoms with Crippen LogP contribution in [0, 0.1) is 5.41 Å². The zero-order valence-electron chi connectivity index (χ0n) is 8.24. The van der Waals surface area contributed by atoms with E-state index in [1.165, 1.54) is 0 Å². The van der Waals surface area contributed by atoms with Crippen molar-refractivity contribution in [3.63, 3.8) is 0 Å². The molecule has 1 N–H and O–H groups in total. The zero-order valence-corrected chi connectivity index (χ0v) is 9.82. The Morgan fingerprint density at radius 2 is 2.15 bits per heavy atom. The summed E-state index contributed by atoms with van der Waals surface area (Å²) < 4.78 is 6.35. The van der Waals surface area contributed by atoms with Crippen molar-refractivity contribution in [3.8, 4) is 0 Å². The van der Waals surface area contributed by atoms with Crippen molar-refractivity contribution in [1.29, 1.82) is 0 Å². The van der Waals surface area contributed by atoms with Gasteiger partial charge in [0, 0.05) is 30.8 Å². The molecule has 1 rings (SSSR count). The van der Waals surface area contributed by atoms with E-state index in [2.05, 4.69) is 34.7 Å². The topological polar surface area (TPSA) is 21.3 Å². The summed E-state index contributed by atoms with van der Waals surface area (Å²) in [5.41, 5.74) is 0.417. The van der Waals surface area contributed by atoms with Gasteiger partial charge in [-0.2, -0.15) is 0 Å². The molecule has 0 bridgehead atoms. The van der Waals surface area contributed by atoms with Gasteiger partial charge in [-0.1, -0.05) is 29.4 Å². The fourth-order valence-electron chi connectivity index (χ4n) is 1.54. The van der Waals surface area contributed by atoms with Crippen LogP contribution < -0.4 is 5.32 Å². The summed E-state index contributed by atoms with van der Waals surface area (Å²) >= 11 is 3.34. The molecular weight excluding hydrogens is 230 g/mol. The summed E-state index contributed by atoms with van der Waals surface area (Å²) in [6.07, 6.45) is 2.32. The van der Waals surface area contributed by atoms with Crippen molar-refractivity contribution in [3.05, 3.63) is 11.1 Å². The monoisotopic (exact) mass is 247 g/mol. The van der Waals surface area contributed by atoms with Crippen LogP contribution in [0.2, 0.25) is 0 Å². The SMILES string of the molecule is C=C(Br)CNCC1(C)CCOCC1. The number of rotatable bonds is 4. The average Bonchev–Trinajstić information content (AvgIpc) is 2.04. The van der Waals surface area contributed by atoms with E-state index < -0.39 is 0 Å². The molecule has 2 nitrogen and oxygen atoms in total. The lowest BCUT2D eigenvalue weighted by molar-refractivity contribution is 0.0245. The second kappa shape index (κ2) is 5.13. The van der Waals surface area contributed by atoms with Crippen LogP contribution in [0.25, 0.3) is 0 Å². The van der Waals surface area contributed by atoms with Crippen molar-refractivity contribution in [2.75, 3.05) is 26.3 Å². The predicted octanol–water partition coefficient (Wildman–Crippen LogP) is 2.30. The smallest absolute Gasteiger partial charge is 0.0471 e. The van der Waals surface area contributed by atoms with Crippen molar-refractivity contribution < 1.29 is 4.74 Å². The van der Waals surface area contributed by atoms with Crippen molar-refractivity contribution in [1.82, 2.24) is 5.32 Å². The van der Waals surface area contributed by atoms with Crippen LogP contribution in [0.15, 0.2) is 11.1 Å². The van der Waals surface area contributed by atoms with Gasteiger partial charge in [0.2, 0.25) is 0 Å². The molecule has 1 heterocycles. The first-order valence-corrected chi connectivity index (χ1v) is 5.53. The van der Waals surface area contributed by atoms with E-state index in [9.17, 15) is 0 Å². The number of hydrogen-bond acceptors (Lipinski definition) is 2. The Morgan fingerprint density at radius 3 is 2.69 bits per heavy atom. The lowest BCUT2D eigenvalue weighted by Crippen LogP contribution is -2.37. The van der Waals surface area contributed by atoms with Gasteiger partial charge in [-0.15, -0.1) is 0 Å². The van der Waals surface area contributed by atoms with Crippen LogP contribution in [0.5, 0.6) is 0 Å². The molecular formula is C10H18BrNO. The molecule has 0 unspecified atom stereocenters. The highest BCUT2D eigenvalue weighted by Crippen LogP contribution is 2.28. The second-order valence-electron chi connectivity index (χ2n) is 4.04. The Bertz CT molecular complexity index is 176. The fraction of sp³-hybridized carbons (Fsp3) is 0.800. The highest BCUT2D eigenvalue weighted by molar-refractivity contribution is 9.11. The van der Waals surface area contributed by atoms with Gasteiger partial charge in [0.05, 0.1) is 0 Å². The maximum Gasteiger partial charge on any atom is 0.0471 e. The first-order chi connectivity index (χ1) is 6.12. The molecule has 0 aromatic rings. The third-order valence-electron chi connectivity index (χ3n) is 2.57. The molecule has 0 spiro atoms. The molecule has 0 radical (unpaired) electrons. The summed E-state index contributed by atoms with van der Waals surface area (Å²) in [5.74, 6) is 0. The summed E-state index contributed by atoms with van der Waals surface area (Å²) in [6, 6.07) is 0. The number of hydrogen-bond donors (Lipinski definition) is 1. The molecule has 1 aliphatic heterocycles. The molecule has 1 fully saturated rings. The number of nitrogens with one attached hydrogen (secondary N) is 1. The summed E-state index contributed by atoms with van der Waals surface area (Å²) in [6.45, 7) is 9.84. The fourth-order valence-corrected chi connectivity index (χ4v) is 1.74. The largest absolute Gasteiger partial charge is 0.381 e. The van der Waals surface area contributed by atoms with Gasteiger partial charge in [-0.05, 0) is 18.3 Å². The van der Waals surface area contributed by atoms with Crippen molar-refractivity contribution in [2.24, 2.45) is 5.41 Å². The Kier molecular flexibility index (Phi) is 4.42. The second-order valence-corrected chi connectivity index (χ2v) is 5.17. The Balaban J connectivity index is 2.21. The van der Waals surface area contributed by atoms with Crippen LogP contribution in [0.3, 0.4) is 0 Å². The highest BCUT2D eigenvalue weighted by atomic mass is 79.9. The van der Waals surface area contributed by atoms with Crippen LogP contribution in [0.4, 0.5) is 0 Å². The molecule has 0 saturated carbocycles. The summed E-state index contributed by atoms with van der Waals surface area (Å²) in [7, 11) is 0. The Hall–Kier alpha value is 0.140. The minimum atomic E-state index is 0.417. The van der Waals surface area contributed by atoms with Crippen molar-refractivity contribution in [2.45, 2.75) is 19.8 Å². The molecule has 1 aliphatic rings. The van der Waals surface area contributed by atoms with Gasteiger partial charge in [0.15, 0.2) is 0 Å². The number of halogens is 1. The van der Waals surface area contributed by atoms with Gasteiger partial charge in [0.1, 0.15) is 0 Å². The normalized spacial score (nSPS) is 21.4. The van der Waals surface area contributed by atoms with E-state index in [0.717, 1.165) is 43.6 Å². The van der Waals surface area contributed by atoms with E-state index in [1.807, 2.05) is 0 Å².